The molecule has 1 aromatic carbocycles. The number of nitrogens with two attached hydrogens (primary N) is 1. The van der Waals surface area contributed by atoms with Crippen LogP contribution in [-0.4, -0.2) is 11.7 Å². The number of hydrogen-bond acceptors (Lipinski definition) is 2. The van der Waals surface area contributed by atoms with Crippen LogP contribution in [-0.2, 0) is 0 Å². The summed E-state index contributed by atoms with van der Waals surface area (Å²) in [5, 5.41) is 11.0. The van der Waals surface area contributed by atoms with Crippen LogP contribution < -0.4 is 5.73 Å². The van der Waals surface area contributed by atoms with Crippen molar-refractivity contribution in [1.29, 1.82) is 0 Å². The van der Waals surface area contributed by atoms with Gasteiger partial charge in [-0.1, -0.05) is 37.6 Å². The SMILES string of the molecule is Cc1cc(C(O)C(CN)C(C)C)ccc1Cl. The maximum absolute atomic E-state index is 10.2. The monoisotopic (exact) mass is 241 g/mol. The van der Waals surface area contributed by atoms with Gasteiger partial charge in [-0.25, -0.2) is 0 Å². The van der Waals surface area contributed by atoms with Gasteiger partial charge in [-0.3, -0.25) is 0 Å². The van der Waals surface area contributed by atoms with Gasteiger partial charge in [0.15, 0.2) is 0 Å². The molecule has 90 valence electrons. The van der Waals surface area contributed by atoms with Crippen molar-refractivity contribution in [3.05, 3.63) is 34.3 Å². The summed E-state index contributed by atoms with van der Waals surface area (Å²) in [5.74, 6) is 0.441. The summed E-state index contributed by atoms with van der Waals surface area (Å²) < 4.78 is 0. The zero-order valence-electron chi connectivity index (χ0n) is 10.1. The van der Waals surface area contributed by atoms with E-state index in [4.69, 9.17) is 17.3 Å². The molecule has 0 fully saturated rings. The van der Waals surface area contributed by atoms with Crippen molar-refractivity contribution in [2.45, 2.75) is 26.9 Å². The Bertz CT molecular complexity index is 352. The average Bonchev–Trinajstić information content (AvgIpc) is 2.22. The van der Waals surface area contributed by atoms with E-state index >= 15 is 0 Å². The van der Waals surface area contributed by atoms with Crippen molar-refractivity contribution >= 4 is 11.6 Å². The molecule has 0 bridgehead atoms. The predicted octanol–water partition coefficient (Wildman–Crippen LogP) is 2.91. The summed E-state index contributed by atoms with van der Waals surface area (Å²) in [6, 6.07) is 5.62. The number of aryl methyl sites for hydroxylation is 1. The molecule has 3 N–H and O–H groups in total. The standard InChI is InChI=1S/C13H20ClNO/c1-8(2)11(7-15)13(16)10-4-5-12(14)9(3)6-10/h4-6,8,11,13,16H,7,15H2,1-3H3. The first-order chi connectivity index (χ1) is 7.47. The van der Waals surface area contributed by atoms with Gasteiger partial charge in [-0.15, -0.1) is 0 Å². The Morgan fingerprint density at radius 1 is 1.38 bits per heavy atom. The Hall–Kier alpha value is -0.570. The van der Waals surface area contributed by atoms with Gasteiger partial charge >= 0.3 is 0 Å². The maximum Gasteiger partial charge on any atom is 0.0832 e. The highest BCUT2D eigenvalue weighted by molar-refractivity contribution is 6.31. The summed E-state index contributed by atoms with van der Waals surface area (Å²) in [4.78, 5) is 0. The Morgan fingerprint density at radius 2 is 2.00 bits per heavy atom. The Labute approximate surface area is 102 Å². The van der Waals surface area contributed by atoms with Crippen LogP contribution >= 0.6 is 11.6 Å². The van der Waals surface area contributed by atoms with E-state index in [2.05, 4.69) is 13.8 Å². The van der Waals surface area contributed by atoms with Crippen molar-refractivity contribution in [3.8, 4) is 0 Å². The van der Waals surface area contributed by atoms with E-state index < -0.39 is 6.10 Å². The van der Waals surface area contributed by atoms with Crippen molar-refractivity contribution < 1.29 is 5.11 Å². The summed E-state index contributed by atoms with van der Waals surface area (Å²) in [7, 11) is 0. The number of halogens is 1. The second kappa shape index (κ2) is 5.67. The Balaban J connectivity index is 2.94. The van der Waals surface area contributed by atoms with Crippen LogP contribution in [0.5, 0.6) is 0 Å². The van der Waals surface area contributed by atoms with Crippen LogP contribution in [0.2, 0.25) is 5.02 Å². The van der Waals surface area contributed by atoms with E-state index in [1.807, 2.05) is 25.1 Å². The third-order valence-electron chi connectivity index (χ3n) is 3.06. The van der Waals surface area contributed by atoms with E-state index in [1.54, 1.807) is 0 Å². The lowest BCUT2D eigenvalue weighted by Crippen LogP contribution is -2.26. The fraction of sp³-hybridized carbons (Fsp3) is 0.538. The zero-order chi connectivity index (χ0) is 12.3. The fourth-order valence-corrected chi connectivity index (χ4v) is 1.98. The number of aliphatic hydroxyl groups excluding tert-OH is 1. The minimum atomic E-state index is -0.513. The normalized spacial score (nSPS) is 15.2. The first-order valence-electron chi connectivity index (χ1n) is 5.61. The fourth-order valence-electron chi connectivity index (χ4n) is 1.86. The third-order valence-corrected chi connectivity index (χ3v) is 3.48. The van der Waals surface area contributed by atoms with Gasteiger partial charge in [-0.2, -0.15) is 0 Å². The molecule has 16 heavy (non-hydrogen) atoms. The van der Waals surface area contributed by atoms with Crippen LogP contribution in [0, 0.1) is 18.8 Å². The number of hydrogen-bond donors (Lipinski definition) is 2. The molecule has 0 spiro atoms. The van der Waals surface area contributed by atoms with Gasteiger partial charge in [-0.05, 0) is 36.6 Å². The largest absolute Gasteiger partial charge is 0.388 e. The van der Waals surface area contributed by atoms with Crippen molar-refractivity contribution in [1.82, 2.24) is 0 Å². The summed E-state index contributed by atoms with van der Waals surface area (Å²) in [5.41, 5.74) is 7.57. The molecular formula is C13H20ClNO. The molecule has 0 saturated carbocycles. The van der Waals surface area contributed by atoms with Gasteiger partial charge in [0.25, 0.3) is 0 Å². The van der Waals surface area contributed by atoms with Gasteiger partial charge in [0.2, 0.25) is 0 Å². The van der Waals surface area contributed by atoms with Crippen molar-refractivity contribution in [2.24, 2.45) is 17.6 Å². The van der Waals surface area contributed by atoms with Gasteiger partial charge < -0.3 is 10.8 Å². The van der Waals surface area contributed by atoms with Crippen LogP contribution in [0.25, 0.3) is 0 Å². The van der Waals surface area contributed by atoms with E-state index in [9.17, 15) is 5.11 Å². The lowest BCUT2D eigenvalue weighted by Gasteiger charge is -2.25. The molecule has 0 aliphatic rings. The summed E-state index contributed by atoms with van der Waals surface area (Å²) in [6.45, 7) is 6.57. The molecule has 0 aliphatic carbocycles. The number of benzene rings is 1. The summed E-state index contributed by atoms with van der Waals surface area (Å²) >= 11 is 5.96. The van der Waals surface area contributed by atoms with Gasteiger partial charge in [0.1, 0.15) is 0 Å². The Kier molecular flexibility index (Phi) is 4.78. The minimum Gasteiger partial charge on any atom is -0.388 e. The first-order valence-corrected chi connectivity index (χ1v) is 5.99. The quantitative estimate of drug-likeness (QED) is 0.852. The average molecular weight is 242 g/mol. The molecule has 0 aromatic heterocycles. The smallest absolute Gasteiger partial charge is 0.0832 e. The predicted molar refractivity (Wildman–Crippen MR) is 68.5 cm³/mol. The molecular weight excluding hydrogens is 222 g/mol. The molecule has 0 aliphatic heterocycles. The van der Waals surface area contributed by atoms with Crippen molar-refractivity contribution in [2.75, 3.05) is 6.54 Å². The molecule has 3 heteroatoms. The Morgan fingerprint density at radius 3 is 2.44 bits per heavy atom. The van der Waals surface area contributed by atoms with E-state index in [0.29, 0.717) is 12.5 Å². The highest BCUT2D eigenvalue weighted by atomic mass is 35.5. The van der Waals surface area contributed by atoms with E-state index in [0.717, 1.165) is 16.1 Å². The second-order valence-corrected chi connectivity index (χ2v) is 5.00. The molecule has 0 heterocycles. The molecule has 0 radical (unpaired) electrons. The lowest BCUT2D eigenvalue weighted by atomic mass is 9.86. The molecule has 0 amide bonds. The molecule has 0 saturated heterocycles. The minimum absolute atomic E-state index is 0.0839. The van der Waals surface area contributed by atoms with Crippen LogP contribution in [0.3, 0.4) is 0 Å². The van der Waals surface area contributed by atoms with Gasteiger partial charge in [0.05, 0.1) is 6.10 Å². The molecule has 2 atom stereocenters. The maximum atomic E-state index is 10.2. The first kappa shape index (κ1) is 13.5. The van der Waals surface area contributed by atoms with E-state index in [1.165, 1.54) is 0 Å². The molecule has 2 nitrogen and oxygen atoms in total. The molecule has 2 unspecified atom stereocenters. The highest BCUT2D eigenvalue weighted by Crippen LogP contribution is 2.29. The second-order valence-electron chi connectivity index (χ2n) is 4.60. The van der Waals surface area contributed by atoms with E-state index in [-0.39, 0.29) is 5.92 Å². The highest BCUT2D eigenvalue weighted by Gasteiger charge is 2.22. The zero-order valence-corrected chi connectivity index (χ0v) is 10.8. The molecule has 1 aromatic rings. The third kappa shape index (κ3) is 2.97. The topological polar surface area (TPSA) is 46.2 Å². The number of rotatable bonds is 4. The van der Waals surface area contributed by atoms with Crippen LogP contribution in [0.4, 0.5) is 0 Å². The summed E-state index contributed by atoms with van der Waals surface area (Å²) in [6.07, 6.45) is -0.513. The van der Waals surface area contributed by atoms with Crippen LogP contribution in [0.1, 0.15) is 31.1 Å². The number of aliphatic hydroxyl groups is 1. The lowest BCUT2D eigenvalue weighted by molar-refractivity contribution is 0.0860. The van der Waals surface area contributed by atoms with Gasteiger partial charge in [0, 0.05) is 10.9 Å². The van der Waals surface area contributed by atoms with Crippen molar-refractivity contribution in [3.63, 3.8) is 0 Å². The molecule has 1 rings (SSSR count). The van der Waals surface area contributed by atoms with Crippen LogP contribution in [0.15, 0.2) is 18.2 Å².